The second-order valence-electron chi connectivity index (χ2n) is 14.5. The number of aryl methyl sites for hydroxylation is 1. The second kappa shape index (κ2) is 11.3. The molecule has 12 nitrogen and oxygen atoms in total. The summed E-state index contributed by atoms with van der Waals surface area (Å²) in [7, 11) is 2.13. The van der Waals surface area contributed by atoms with Gasteiger partial charge in [-0.25, -0.2) is 9.78 Å². The Morgan fingerprint density at radius 2 is 1.80 bits per heavy atom. The summed E-state index contributed by atoms with van der Waals surface area (Å²) in [5.41, 5.74) is 14.3. The molecule has 5 heterocycles. The Bertz CT molecular complexity index is 1520. The van der Waals surface area contributed by atoms with Gasteiger partial charge in [-0.15, -0.1) is 16.3 Å². The molecule has 2 aromatic heterocycles. The molecule has 0 bridgehead atoms. The fourth-order valence-electron chi connectivity index (χ4n) is 7.19. The van der Waals surface area contributed by atoms with E-state index in [1.54, 1.807) is 4.90 Å². The molecule has 13 heteroatoms. The molecule has 4 aliphatic rings. The first-order valence-electron chi connectivity index (χ1n) is 15.9. The molecule has 0 radical (unpaired) electrons. The molecule has 1 atom stereocenters. The van der Waals surface area contributed by atoms with Gasteiger partial charge in [0.15, 0.2) is 5.84 Å². The Balaban J connectivity index is 1.26. The molecule has 244 valence electrons. The third kappa shape index (κ3) is 6.04. The van der Waals surface area contributed by atoms with Crippen LogP contribution >= 0.6 is 11.3 Å². The van der Waals surface area contributed by atoms with Crippen molar-refractivity contribution in [3.05, 3.63) is 28.3 Å². The van der Waals surface area contributed by atoms with E-state index in [0.717, 1.165) is 86.9 Å². The van der Waals surface area contributed by atoms with E-state index in [0.29, 0.717) is 29.5 Å². The molecular formula is C32H48N9O3S+. The SMILES string of the molecule is CN1CCN(c2cc(N3CCC4(CN(C(=O)OC(C)(C)C)C4)C3)cc(C(=N)N=C([OH2+])C3(C)CCCc4sc(N)c(N)c43)n2)CC1. The molecule has 3 saturated heterocycles. The number of carbonyl (C=O) groups excluding carboxylic acids is 1. The number of nitrogens with zero attached hydrogens (tertiary/aromatic N) is 6. The zero-order chi connectivity index (χ0) is 32.3. The predicted octanol–water partition coefficient (Wildman–Crippen LogP) is 3.25. The highest BCUT2D eigenvalue weighted by Gasteiger charge is 2.50. The van der Waals surface area contributed by atoms with Crippen LogP contribution in [0.1, 0.15) is 63.1 Å². The number of piperazine rings is 1. The number of nitrogen functional groups attached to an aromatic ring is 2. The van der Waals surface area contributed by atoms with Crippen LogP contribution in [0.4, 0.5) is 27.0 Å². The maximum absolute atomic E-state index is 12.6. The lowest BCUT2D eigenvalue weighted by molar-refractivity contribution is -0.0266. The summed E-state index contributed by atoms with van der Waals surface area (Å²) in [4.78, 5) is 32.0. The molecule has 1 unspecified atom stereocenters. The molecule has 1 spiro atoms. The third-order valence-corrected chi connectivity index (χ3v) is 10.9. The number of hydrogen-bond donors (Lipinski definition) is 3. The van der Waals surface area contributed by atoms with E-state index in [4.69, 9.17) is 31.7 Å². The van der Waals surface area contributed by atoms with Gasteiger partial charge in [-0.2, -0.15) is 0 Å². The molecule has 3 fully saturated rings. The third-order valence-electron chi connectivity index (χ3n) is 9.80. The minimum atomic E-state index is -0.707. The number of fused-ring (bicyclic) bond motifs is 1. The molecule has 0 aromatic carbocycles. The van der Waals surface area contributed by atoms with Crippen LogP contribution in [0.25, 0.3) is 0 Å². The molecular weight excluding hydrogens is 590 g/mol. The van der Waals surface area contributed by atoms with E-state index >= 15 is 0 Å². The molecule has 1 aliphatic carbocycles. The number of nitrogens with one attached hydrogen (secondary N) is 1. The highest BCUT2D eigenvalue weighted by Crippen LogP contribution is 2.48. The monoisotopic (exact) mass is 638 g/mol. The van der Waals surface area contributed by atoms with E-state index in [-0.39, 0.29) is 23.2 Å². The highest BCUT2D eigenvalue weighted by atomic mass is 32.1. The van der Waals surface area contributed by atoms with Crippen molar-refractivity contribution in [2.24, 2.45) is 10.4 Å². The summed E-state index contributed by atoms with van der Waals surface area (Å²) >= 11 is 1.50. The van der Waals surface area contributed by atoms with E-state index in [1.807, 2.05) is 33.8 Å². The van der Waals surface area contributed by atoms with Gasteiger partial charge in [0.25, 0.3) is 0 Å². The zero-order valence-corrected chi connectivity index (χ0v) is 28.0. The summed E-state index contributed by atoms with van der Waals surface area (Å²) in [6, 6.07) is 4.06. The van der Waals surface area contributed by atoms with Gasteiger partial charge in [-0.3, -0.25) is 5.41 Å². The van der Waals surface area contributed by atoms with Gasteiger partial charge in [-0.05, 0) is 66.5 Å². The van der Waals surface area contributed by atoms with Gasteiger partial charge in [0.2, 0.25) is 0 Å². The van der Waals surface area contributed by atoms with E-state index in [1.165, 1.54) is 11.3 Å². The normalized spacial score (nSPS) is 23.7. The molecule has 2 aromatic rings. The number of likely N-dealkylation sites (N-methyl/N-ethyl adjacent to an activating group) is 1. The summed E-state index contributed by atoms with van der Waals surface area (Å²) in [5.74, 6) is 0.914. The van der Waals surface area contributed by atoms with Crippen LogP contribution in [0, 0.1) is 10.8 Å². The number of nitrogens with two attached hydrogens (primary N) is 2. The number of amides is 1. The fourth-order valence-corrected chi connectivity index (χ4v) is 8.35. The van der Waals surface area contributed by atoms with Crippen molar-refractivity contribution in [3.63, 3.8) is 0 Å². The highest BCUT2D eigenvalue weighted by molar-refractivity contribution is 7.16. The Morgan fingerprint density at radius 3 is 2.49 bits per heavy atom. The number of likely N-dealkylation sites (tertiary alicyclic amines) is 1. The van der Waals surface area contributed by atoms with Crippen LogP contribution in [0.5, 0.6) is 0 Å². The summed E-state index contributed by atoms with van der Waals surface area (Å²) in [5, 5.41) is 18.7. The van der Waals surface area contributed by atoms with Crippen molar-refractivity contribution in [2.75, 3.05) is 80.7 Å². The van der Waals surface area contributed by atoms with Crippen molar-refractivity contribution in [1.29, 1.82) is 5.41 Å². The quantitative estimate of drug-likeness (QED) is 0.261. The Hall–Kier alpha value is -3.58. The minimum Gasteiger partial charge on any atom is -0.581 e. The number of thiophene rings is 1. The van der Waals surface area contributed by atoms with Crippen LogP contribution < -0.4 is 21.3 Å². The topological polar surface area (TPSA) is 163 Å². The van der Waals surface area contributed by atoms with Crippen LogP contribution in [-0.4, -0.2) is 103 Å². The summed E-state index contributed by atoms with van der Waals surface area (Å²) < 4.78 is 5.59. The van der Waals surface area contributed by atoms with Crippen molar-refractivity contribution in [3.8, 4) is 0 Å². The number of pyridine rings is 1. The number of amidine groups is 1. The molecule has 1 amide bonds. The molecule has 6 rings (SSSR count). The van der Waals surface area contributed by atoms with Crippen molar-refractivity contribution in [2.45, 2.75) is 64.4 Å². The molecule has 3 aliphatic heterocycles. The van der Waals surface area contributed by atoms with Crippen LogP contribution in [0.15, 0.2) is 17.1 Å². The first kappa shape index (κ1) is 31.4. The zero-order valence-electron chi connectivity index (χ0n) is 27.2. The van der Waals surface area contributed by atoms with Crippen LogP contribution in [0.3, 0.4) is 0 Å². The Kier molecular flexibility index (Phi) is 7.91. The lowest BCUT2D eigenvalue weighted by atomic mass is 9.73. The van der Waals surface area contributed by atoms with Crippen molar-refractivity contribution in [1.82, 2.24) is 14.8 Å². The van der Waals surface area contributed by atoms with Gasteiger partial charge in [-0.1, -0.05) is 0 Å². The largest absolute Gasteiger partial charge is 0.581 e. The lowest BCUT2D eigenvalue weighted by Crippen LogP contribution is -2.60. The maximum atomic E-state index is 12.6. The van der Waals surface area contributed by atoms with Gasteiger partial charge >= 0.3 is 12.0 Å². The maximum Gasteiger partial charge on any atom is 0.410 e. The Labute approximate surface area is 269 Å². The molecule has 7 N–H and O–H groups in total. The lowest BCUT2D eigenvalue weighted by Gasteiger charge is -2.47. The Morgan fingerprint density at radius 1 is 1.09 bits per heavy atom. The average molecular weight is 639 g/mol. The van der Waals surface area contributed by atoms with E-state index in [2.05, 4.69) is 32.8 Å². The van der Waals surface area contributed by atoms with E-state index in [9.17, 15) is 4.79 Å². The van der Waals surface area contributed by atoms with Crippen molar-refractivity contribution < 1.29 is 14.6 Å². The average Bonchev–Trinajstić information content (AvgIpc) is 3.53. The molecule has 0 saturated carbocycles. The number of carbonyl (C=O) groups is 1. The van der Waals surface area contributed by atoms with Gasteiger partial charge in [0.1, 0.15) is 27.5 Å². The number of aliphatic imine (C=N–C) groups is 1. The van der Waals surface area contributed by atoms with Crippen LogP contribution in [0.2, 0.25) is 0 Å². The minimum absolute atomic E-state index is 0.0268. The predicted molar refractivity (Wildman–Crippen MR) is 182 cm³/mol. The number of hydrogen-bond acceptors (Lipinski definition) is 10. The number of anilines is 4. The number of rotatable bonds is 4. The number of ether oxygens (including phenoxy) is 1. The van der Waals surface area contributed by atoms with Gasteiger partial charge in [0.05, 0.1) is 5.69 Å². The second-order valence-corrected chi connectivity index (χ2v) is 15.7. The van der Waals surface area contributed by atoms with Gasteiger partial charge in [0, 0.05) is 80.0 Å². The fraction of sp³-hybridized carbons (Fsp3) is 0.625. The smallest absolute Gasteiger partial charge is 0.410 e. The van der Waals surface area contributed by atoms with E-state index < -0.39 is 11.0 Å². The summed E-state index contributed by atoms with van der Waals surface area (Å²) in [6.45, 7) is 14.3. The van der Waals surface area contributed by atoms with Crippen molar-refractivity contribution >= 4 is 51.4 Å². The standard InChI is InChI=1S/C32H47N9O3S/c1-30(2,3)44-29(43)41-18-32(19-41)9-10-40(17-32)20-15-21(36-23(16-20)39-13-11-38(5)12-14-39)26(34)37-28(42)31(4)8-6-7-22-24(31)25(33)27(35)45-22/h15-16H,6-14,17-19,33,35H2,1-5H3,(H2,34,37,42)/p+1. The molecule has 45 heavy (non-hydrogen) atoms. The van der Waals surface area contributed by atoms with Crippen LogP contribution in [-0.2, 0) is 16.6 Å². The summed E-state index contributed by atoms with van der Waals surface area (Å²) in [6.07, 6.45) is 3.26. The van der Waals surface area contributed by atoms with Gasteiger partial charge < -0.3 is 40.9 Å². The first-order chi connectivity index (χ1) is 21.2. The first-order valence-corrected chi connectivity index (χ1v) is 16.7. The number of aromatic nitrogens is 1.